The highest BCUT2D eigenvalue weighted by atomic mass is 16.5. The number of nitrogens with one attached hydrogen (secondary N) is 1. The third-order valence-corrected chi connectivity index (χ3v) is 5.23. The molecule has 1 aromatic heterocycles. The molecule has 0 spiro atoms. The van der Waals surface area contributed by atoms with E-state index in [1.807, 2.05) is 28.8 Å². The van der Waals surface area contributed by atoms with Crippen LogP contribution in [0.5, 0.6) is 0 Å². The van der Waals surface area contributed by atoms with Crippen LogP contribution in [0.15, 0.2) is 30.6 Å². The van der Waals surface area contributed by atoms with Gasteiger partial charge in [-0.2, -0.15) is 0 Å². The number of para-hydroxylation sites is 2. The van der Waals surface area contributed by atoms with Gasteiger partial charge in [-0.1, -0.05) is 31.4 Å². The van der Waals surface area contributed by atoms with Crippen LogP contribution < -0.4 is 5.32 Å². The molecule has 1 aromatic carbocycles. The van der Waals surface area contributed by atoms with Gasteiger partial charge in [-0.25, -0.2) is 4.98 Å². The molecule has 140 valence electrons. The van der Waals surface area contributed by atoms with E-state index in [0.717, 1.165) is 23.9 Å². The molecule has 1 amide bonds. The van der Waals surface area contributed by atoms with Crippen molar-refractivity contribution in [2.45, 2.75) is 51.0 Å². The molecule has 1 fully saturated rings. The minimum atomic E-state index is -0.249. The topological polar surface area (TPSA) is 73.2 Å². The summed E-state index contributed by atoms with van der Waals surface area (Å²) in [5.74, 6) is 0.0931. The zero-order chi connectivity index (χ0) is 18.4. The summed E-state index contributed by atoms with van der Waals surface area (Å²) < 4.78 is 6.67. The molecule has 1 N–H and O–H groups in total. The van der Waals surface area contributed by atoms with E-state index in [-0.39, 0.29) is 17.9 Å². The number of carbonyl (C=O) groups excluding carboxylic acids is 2. The predicted molar refractivity (Wildman–Crippen MR) is 99.6 cm³/mol. The first-order valence-electron chi connectivity index (χ1n) is 9.47. The molecule has 1 heterocycles. The molecule has 2 aromatic rings. The van der Waals surface area contributed by atoms with Gasteiger partial charge in [-0.15, -0.1) is 0 Å². The summed E-state index contributed by atoms with van der Waals surface area (Å²) in [5.41, 5.74) is 1.90. The highest BCUT2D eigenvalue weighted by molar-refractivity contribution is 5.84. The first kappa shape index (κ1) is 18.4. The number of nitrogens with zero attached hydrogens (tertiary/aromatic N) is 2. The van der Waals surface area contributed by atoms with E-state index in [9.17, 15) is 9.59 Å². The maximum atomic E-state index is 13.0. The predicted octanol–water partition coefficient (Wildman–Crippen LogP) is 3.23. The normalized spacial score (nSPS) is 16.3. The lowest BCUT2D eigenvalue weighted by molar-refractivity contribution is -0.140. The van der Waals surface area contributed by atoms with Gasteiger partial charge < -0.3 is 14.6 Å². The first-order valence-corrected chi connectivity index (χ1v) is 9.47. The van der Waals surface area contributed by atoms with Crippen LogP contribution in [-0.4, -0.2) is 35.1 Å². The molecule has 6 nitrogen and oxygen atoms in total. The van der Waals surface area contributed by atoms with E-state index < -0.39 is 0 Å². The van der Waals surface area contributed by atoms with E-state index in [0.29, 0.717) is 25.3 Å². The fourth-order valence-corrected chi connectivity index (χ4v) is 3.87. The monoisotopic (exact) mass is 357 g/mol. The molecular formula is C20H27N3O3. The van der Waals surface area contributed by atoms with Crippen LogP contribution in [-0.2, 0) is 14.3 Å². The summed E-state index contributed by atoms with van der Waals surface area (Å²) >= 11 is 0. The van der Waals surface area contributed by atoms with Gasteiger partial charge in [-0.05, 0) is 37.3 Å². The van der Waals surface area contributed by atoms with Crippen molar-refractivity contribution in [2.75, 3.05) is 13.7 Å². The van der Waals surface area contributed by atoms with Gasteiger partial charge in [0.15, 0.2) is 0 Å². The van der Waals surface area contributed by atoms with Crippen molar-refractivity contribution in [3.63, 3.8) is 0 Å². The molecule has 0 aliphatic heterocycles. The van der Waals surface area contributed by atoms with Crippen molar-refractivity contribution in [3.05, 3.63) is 30.6 Å². The van der Waals surface area contributed by atoms with Crippen molar-refractivity contribution in [3.8, 4) is 0 Å². The number of benzene rings is 1. The minimum Gasteiger partial charge on any atom is -0.469 e. The van der Waals surface area contributed by atoms with E-state index in [2.05, 4.69) is 15.0 Å². The second kappa shape index (κ2) is 8.83. The van der Waals surface area contributed by atoms with Crippen molar-refractivity contribution in [2.24, 2.45) is 5.92 Å². The van der Waals surface area contributed by atoms with Crippen molar-refractivity contribution in [1.82, 2.24) is 14.9 Å². The third-order valence-electron chi connectivity index (χ3n) is 5.23. The number of amides is 1. The zero-order valence-electron chi connectivity index (χ0n) is 15.3. The lowest BCUT2D eigenvalue weighted by Gasteiger charge is -2.30. The van der Waals surface area contributed by atoms with E-state index in [4.69, 9.17) is 0 Å². The second-order valence-corrected chi connectivity index (χ2v) is 6.95. The van der Waals surface area contributed by atoms with E-state index in [1.54, 1.807) is 6.33 Å². The Labute approximate surface area is 153 Å². The quantitative estimate of drug-likeness (QED) is 0.610. The Balaban J connectivity index is 1.75. The molecular weight excluding hydrogens is 330 g/mol. The highest BCUT2D eigenvalue weighted by Gasteiger charge is 2.31. The van der Waals surface area contributed by atoms with E-state index in [1.165, 1.54) is 26.4 Å². The average Bonchev–Trinajstić information content (AvgIpc) is 3.10. The van der Waals surface area contributed by atoms with Gasteiger partial charge >= 0.3 is 5.97 Å². The third kappa shape index (κ3) is 4.23. The largest absolute Gasteiger partial charge is 0.469 e. The number of imidazole rings is 1. The Kier molecular flexibility index (Phi) is 6.26. The highest BCUT2D eigenvalue weighted by Crippen LogP contribution is 2.34. The number of hydrogen-bond acceptors (Lipinski definition) is 4. The van der Waals surface area contributed by atoms with Gasteiger partial charge in [0.05, 0.1) is 24.5 Å². The molecule has 3 rings (SSSR count). The molecule has 6 heteroatoms. The maximum absolute atomic E-state index is 13.0. The molecule has 1 saturated carbocycles. The summed E-state index contributed by atoms with van der Waals surface area (Å²) in [4.78, 5) is 28.7. The van der Waals surface area contributed by atoms with Crippen LogP contribution in [0.25, 0.3) is 11.0 Å². The number of hydrogen-bond donors (Lipinski definition) is 1. The van der Waals surface area contributed by atoms with Crippen LogP contribution in [0.2, 0.25) is 0 Å². The number of fused-ring (bicyclic) bond motifs is 1. The smallest absolute Gasteiger partial charge is 0.305 e. The summed E-state index contributed by atoms with van der Waals surface area (Å²) in [5, 5.41) is 3.02. The summed E-state index contributed by atoms with van der Waals surface area (Å²) in [7, 11) is 1.38. The molecule has 0 saturated heterocycles. The number of aromatic nitrogens is 2. The summed E-state index contributed by atoms with van der Waals surface area (Å²) in [6.07, 6.45) is 8.40. The van der Waals surface area contributed by atoms with Crippen LogP contribution in [0.1, 0.15) is 51.0 Å². The van der Waals surface area contributed by atoms with Crippen LogP contribution >= 0.6 is 0 Å². The number of ether oxygens (including phenoxy) is 1. The average molecular weight is 357 g/mol. The zero-order valence-corrected chi connectivity index (χ0v) is 15.3. The van der Waals surface area contributed by atoms with Gasteiger partial charge in [0.25, 0.3) is 0 Å². The Bertz CT molecular complexity index is 750. The fraction of sp³-hybridized carbons (Fsp3) is 0.550. The molecule has 0 radical (unpaired) electrons. The molecule has 0 bridgehead atoms. The fourth-order valence-electron chi connectivity index (χ4n) is 3.87. The summed E-state index contributed by atoms with van der Waals surface area (Å²) in [6.45, 7) is 0.476. The Morgan fingerprint density at radius 1 is 1.27 bits per heavy atom. The second-order valence-electron chi connectivity index (χ2n) is 6.95. The Morgan fingerprint density at radius 2 is 2.04 bits per heavy atom. The molecule has 1 aliphatic rings. The number of methoxy groups -OCH3 is 1. The first-order chi connectivity index (χ1) is 12.7. The lowest BCUT2D eigenvalue weighted by atomic mass is 9.83. The van der Waals surface area contributed by atoms with Gasteiger partial charge in [0.2, 0.25) is 5.91 Å². The Morgan fingerprint density at radius 3 is 2.81 bits per heavy atom. The van der Waals surface area contributed by atoms with Crippen LogP contribution in [0.3, 0.4) is 0 Å². The molecule has 26 heavy (non-hydrogen) atoms. The molecule has 1 atom stereocenters. The van der Waals surface area contributed by atoms with Crippen LogP contribution in [0, 0.1) is 5.92 Å². The molecule has 1 aliphatic carbocycles. The lowest BCUT2D eigenvalue weighted by Crippen LogP contribution is -2.38. The van der Waals surface area contributed by atoms with Gasteiger partial charge in [0.1, 0.15) is 6.04 Å². The van der Waals surface area contributed by atoms with Crippen molar-refractivity contribution < 1.29 is 14.3 Å². The minimum absolute atomic E-state index is 0.0184. The maximum Gasteiger partial charge on any atom is 0.305 e. The van der Waals surface area contributed by atoms with Crippen molar-refractivity contribution >= 4 is 22.9 Å². The Hall–Kier alpha value is -2.37. The van der Waals surface area contributed by atoms with E-state index >= 15 is 0 Å². The standard InChI is InChI=1S/C20H27N3O3/c1-26-18(24)12-7-13-21-20(25)19(15-8-3-2-4-9-15)23-14-22-16-10-5-6-11-17(16)23/h5-6,10-11,14-15,19H,2-4,7-9,12-13H2,1H3,(H,21,25). The molecule has 1 unspecified atom stereocenters. The number of rotatable bonds is 7. The van der Waals surface area contributed by atoms with Gasteiger partial charge in [-0.3, -0.25) is 9.59 Å². The number of carbonyl (C=O) groups is 2. The van der Waals surface area contributed by atoms with Crippen molar-refractivity contribution in [1.29, 1.82) is 0 Å². The summed E-state index contributed by atoms with van der Waals surface area (Å²) in [6, 6.07) is 7.68. The number of esters is 1. The van der Waals surface area contributed by atoms with Crippen LogP contribution in [0.4, 0.5) is 0 Å². The van der Waals surface area contributed by atoms with Gasteiger partial charge in [0, 0.05) is 13.0 Å². The SMILES string of the molecule is COC(=O)CCCNC(=O)C(C1CCCCC1)n1cnc2ccccc21.